The fraction of sp³-hybridized carbons (Fsp3) is 0.458. The van der Waals surface area contributed by atoms with Gasteiger partial charge in [0.1, 0.15) is 5.82 Å². The molecule has 0 unspecified atom stereocenters. The first-order chi connectivity index (χ1) is 14.8. The summed E-state index contributed by atoms with van der Waals surface area (Å²) in [7, 11) is 0. The Kier molecular flexibility index (Phi) is 4.88. The van der Waals surface area contributed by atoms with E-state index in [9.17, 15) is 9.59 Å². The number of para-hydroxylation sites is 2. The highest BCUT2D eigenvalue weighted by atomic mass is 32.1. The number of H-pyrrole nitrogens is 1. The highest BCUT2D eigenvalue weighted by Gasteiger charge is 2.46. The third kappa shape index (κ3) is 3.76. The molecule has 0 spiro atoms. The van der Waals surface area contributed by atoms with Gasteiger partial charge in [0.15, 0.2) is 0 Å². The summed E-state index contributed by atoms with van der Waals surface area (Å²) in [6.07, 6.45) is 2.91. The van der Waals surface area contributed by atoms with Crippen LogP contribution in [0.1, 0.15) is 72.4 Å². The van der Waals surface area contributed by atoms with Crippen molar-refractivity contribution in [3.05, 3.63) is 52.0 Å². The van der Waals surface area contributed by atoms with E-state index in [1.807, 2.05) is 48.2 Å². The van der Waals surface area contributed by atoms with Gasteiger partial charge in [-0.25, -0.2) is 4.98 Å². The predicted octanol–water partition coefficient (Wildman–Crippen LogP) is 4.62. The molecule has 2 aromatic heterocycles. The van der Waals surface area contributed by atoms with Crippen LogP contribution in [-0.4, -0.2) is 38.8 Å². The molecule has 1 aliphatic carbocycles. The van der Waals surface area contributed by atoms with Crippen LogP contribution < -0.4 is 5.32 Å². The summed E-state index contributed by atoms with van der Waals surface area (Å²) in [6.45, 7) is 7.05. The lowest BCUT2D eigenvalue weighted by Gasteiger charge is -2.31. The Labute approximate surface area is 186 Å². The molecular weight excluding hydrogens is 408 g/mol. The second kappa shape index (κ2) is 7.48. The van der Waals surface area contributed by atoms with Crippen LogP contribution in [0.3, 0.4) is 0 Å². The lowest BCUT2D eigenvalue weighted by Crippen LogP contribution is -2.42. The Balaban J connectivity index is 1.21. The molecule has 0 radical (unpaired) electrons. The number of benzene rings is 1. The molecule has 0 bridgehead atoms. The Morgan fingerprint density at radius 1 is 1.26 bits per heavy atom. The average molecular weight is 437 g/mol. The lowest BCUT2D eigenvalue weighted by atomic mass is 10.0. The van der Waals surface area contributed by atoms with E-state index in [4.69, 9.17) is 0 Å². The molecule has 6 nitrogen and oxygen atoms in total. The van der Waals surface area contributed by atoms with Gasteiger partial charge in [-0.05, 0) is 64.3 Å². The number of thiophene rings is 1. The van der Waals surface area contributed by atoms with E-state index in [0.717, 1.165) is 52.4 Å². The van der Waals surface area contributed by atoms with Gasteiger partial charge in [0.2, 0.25) is 5.91 Å². The summed E-state index contributed by atoms with van der Waals surface area (Å²) in [5.41, 5.74) is 1.86. The number of aromatic amines is 1. The third-order valence-corrected chi connectivity index (χ3v) is 7.91. The summed E-state index contributed by atoms with van der Waals surface area (Å²) in [5, 5.41) is 3.13. The number of rotatable bonds is 5. The second-order valence-corrected chi connectivity index (χ2v) is 10.5. The zero-order valence-electron chi connectivity index (χ0n) is 18.1. The molecule has 1 saturated heterocycles. The molecular formula is C24H28N4O2S. The standard InChI is InChI=1S/C24H28N4O2S/c1-14(19-9-10-20(31-19)23(30)28-12-6-11-24(28,2)3)25-22(29)16-13-15(16)21-26-17-7-4-5-8-18(17)27-21/h4-5,7-10,14-16H,6,11-13H2,1-3H3,(H,25,29)(H,26,27)/t14-,15+,16+/m1/s1. The van der Waals surface area contributed by atoms with Crippen LogP contribution in [0.4, 0.5) is 0 Å². The Morgan fingerprint density at radius 2 is 2.06 bits per heavy atom. The summed E-state index contributed by atoms with van der Waals surface area (Å²) in [5.74, 6) is 1.16. The van der Waals surface area contributed by atoms with Crippen molar-refractivity contribution < 1.29 is 9.59 Å². The lowest BCUT2D eigenvalue weighted by molar-refractivity contribution is -0.123. The van der Waals surface area contributed by atoms with Crippen molar-refractivity contribution in [2.24, 2.45) is 5.92 Å². The van der Waals surface area contributed by atoms with Crippen molar-refractivity contribution in [1.29, 1.82) is 0 Å². The van der Waals surface area contributed by atoms with E-state index in [-0.39, 0.29) is 35.2 Å². The molecule has 31 heavy (non-hydrogen) atoms. The number of imidazole rings is 1. The van der Waals surface area contributed by atoms with Gasteiger partial charge >= 0.3 is 0 Å². The molecule has 1 saturated carbocycles. The van der Waals surface area contributed by atoms with Crippen LogP contribution in [0.25, 0.3) is 11.0 Å². The van der Waals surface area contributed by atoms with Gasteiger partial charge in [0, 0.05) is 28.8 Å². The predicted molar refractivity (Wildman–Crippen MR) is 122 cm³/mol. The van der Waals surface area contributed by atoms with E-state index in [1.165, 1.54) is 11.3 Å². The number of carbonyl (C=O) groups excluding carboxylic acids is 2. The first kappa shape index (κ1) is 20.2. The fourth-order valence-corrected chi connectivity index (χ4v) is 5.60. The van der Waals surface area contributed by atoms with Crippen molar-refractivity contribution >= 4 is 34.2 Å². The summed E-state index contributed by atoms with van der Waals surface area (Å²) in [4.78, 5) is 37.5. The monoisotopic (exact) mass is 436 g/mol. The van der Waals surface area contributed by atoms with Crippen LogP contribution in [0.15, 0.2) is 36.4 Å². The number of amides is 2. The fourth-order valence-electron chi connectivity index (χ4n) is 4.64. The van der Waals surface area contributed by atoms with E-state index in [1.54, 1.807) is 0 Å². The van der Waals surface area contributed by atoms with Gasteiger partial charge in [-0.2, -0.15) is 0 Å². The Bertz CT molecular complexity index is 1110. The van der Waals surface area contributed by atoms with Crippen molar-refractivity contribution in [2.75, 3.05) is 6.54 Å². The number of likely N-dealkylation sites (tertiary alicyclic amines) is 1. The molecule has 5 rings (SSSR count). The minimum Gasteiger partial charge on any atom is -0.349 e. The normalized spacial score (nSPS) is 23.1. The summed E-state index contributed by atoms with van der Waals surface area (Å²) in [6, 6.07) is 11.7. The zero-order chi connectivity index (χ0) is 21.8. The minimum atomic E-state index is -0.123. The zero-order valence-corrected chi connectivity index (χ0v) is 19.0. The van der Waals surface area contributed by atoms with Crippen LogP contribution in [-0.2, 0) is 4.79 Å². The third-order valence-electron chi connectivity index (χ3n) is 6.66. The Hall–Kier alpha value is -2.67. The van der Waals surface area contributed by atoms with Crippen molar-refractivity contribution in [1.82, 2.24) is 20.2 Å². The minimum absolute atomic E-state index is 0.0468. The highest BCUT2D eigenvalue weighted by Crippen LogP contribution is 2.47. The highest BCUT2D eigenvalue weighted by molar-refractivity contribution is 7.14. The molecule has 2 amide bonds. The Morgan fingerprint density at radius 3 is 2.81 bits per heavy atom. The van der Waals surface area contributed by atoms with Gasteiger partial charge < -0.3 is 15.2 Å². The molecule has 3 heterocycles. The molecule has 7 heteroatoms. The largest absolute Gasteiger partial charge is 0.349 e. The quantitative estimate of drug-likeness (QED) is 0.613. The molecule has 3 atom stereocenters. The molecule has 162 valence electrons. The first-order valence-corrected chi connectivity index (χ1v) is 11.8. The van der Waals surface area contributed by atoms with Gasteiger partial charge in [-0.1, -0.05) is 12.1 Å². The van der Waals surface area contributed by atoms with Crippen LogP contribution in [0.2, 0.25) is 0 Å². The van der Waals surface area contributed by atoms with Crippen molar-refractivity contribution in [2.45, 2.75) is 57.5 Å². The van der Waals surface area contributed by atoms with Crippen LogP contribution in [0, 0.1) is 5.92 Å². The second-order valence-electron chi connectivity index (χ2n) is 9.39. The van der Waals surface area contributed by atoms with Crippen molar-refractivity contribution in [3.8, 4) is 0 Å². The maximum absolute atomic E-state index is 13.0. The topological polar surface area (TPSA) is 78.1 Å². The number of hydrogen-bond acceptors (Lipinski definition) is 4. The van der Waals surface area contributed by atoms with E-state index in [2.05, 4.69) is 29.1 Å². The number of nitrogens with one attached hydrogen (secondary N) is 2. The van der Waals surface area contributed by atoms with Gasteiger partial charge in [-0.15, -0.1) is 11.3 Å². The van der Waals surface area contributed by atoms with Crippen LogP contribution >= 0.6 is 11.3 Å². The van der Waals surface area contributed by atoms with Crippen LogP contribution in [0.5, 0.6) is 0 Å². The van der Waals surface area contributed by atoms with Gasteiger partial charge in [-0.3, -0.25) is 9.59 Å². The number of carbonyl (C=O) groups is 2. The van der Waals surface area contributed by atoms with Gasteiger partial charge in [0.25, 0.3) is 5.91 Å². The van der Waals surface area contributed by atoms with E-state index in [0.29, 0.717) is 0 Å². The number of hydrogen-bond donors (Lipinski definition) is 2. The number of nitrogens with zero attached hydrogens (tertiary/aromatic N) is 2. The smallest absolute Gasteiger partial charge is 0.264 e. The van der Waals surface area contributed by atoms with E-state index >= 15 is 0 Å². The maximum atomic E-state index is 13.0. The molecule has 2 N–H and O–H groups in total. The molecule has 2 aliphatic rings. The van der Waals surface area contributed by atoms with Crippen molar-refractivity contribution in [3.63, 3.8) is 0 Å². The van der Waals surface area contributed by atoms with E-state index < -0.39 is 0 Å². The maximum Gasteiger partial charge on any atom is 0.264 e. The van der Waals surface area contributed by atoms with Gasteiger partial charge in [0.05, 0.1) is 22.0 Å². The SMILES string of the molecule is C[C@@H](NC(=O)[C@H]1C[C@@H]1c1nc2ccccc2[nH]1)c1ccc(C(=O)N2CCCC2(C)C)s1. The molecule has 3 aromatic rings. The average Bonchev–Trinajstić information content (AvgIpc) is 3.06. The summed E-state index contributed by atoms with van der Waals surface area (Å²) < 4.78 is 0. The summed E-state index contributed by atoms with van der Waals surface area (Å²) >= 11 is 1.49. The number of fused-ring (bicyclic) bond motifs is 1. The number of aromatic nitrogens is 2. The molecule has 2 fully saturated rings. The first-order valence-electron chi connectivity index (χ1n) is 11.0. The molecule has 1 aliphatic heterocycles. The molecule has 1 aromatic carbocycles.